The van der Waals surface area contributed by atoms with Gasteiger partial charge >= 0.3 is 0 Å². The highest BCUT2D eigenvalue weighted by Gasteiger charge is 2.66. The summed E-state index contributed by atoms with van der Waals surface area (Å²) in [6.07, 6.45) is 0. The van der Waals surface area contributed by atoms with Crippen LogP contribution in [0.15, 0.2) is 0 Å². The highest BCUT2D eigenvalue weighted by atomic mass is 32.1. The van der Waals surface area contributed by atoms with E-state index in [9.17, 15) is 0 Å². The second kappa shape index (κ2) is 3.07. The smallest absolute Gasteiger partial charge is 0.179 e. The average molecular weight is 264 g/mol. The molecule has 1 aliphatic carbocycles. The third-order valence-corrected chi connectivity index (χ3v) is 5.37. The minimum atomic E-state index is 0.262. The number of hydrogen-bond donors (Lipinski definition) is 1. The number of aromatic amines is 1. The fourth-order valence-electron chi connectivity index (χ4n) is 3.38. The Labute approximate surface area is 112 Å². The van der Waals surface area contributed by atoms with Crippen LogP contribution in [0.4, 0.5) is 0 Å². The molecule has 5 heteroatoms. The molecule has 0 unspecified atom stereocenters. The number of rotatable bonds is 1. The van der Waals surface area contributed by atoms with Crippen LogP contribution in [0.1, 0.15) is 39.4 Å². The monoisotopic (exact) mass is 264 g/mol. The van der Waals surface area contributed by atoms with Crippen molar-refractivity contribution < 1.29 is 0 Å². The summed E-state index contributed by atoms with van der Waals surface area (Å²) in [5.74, 6) is 0. The van der Waals surface area contributed by atoms with E-state index in [0.29, 0.717) is 6.04 Å². The van der Waals surface area contributed by atoms with Crippen molar-refractivity contribution in [1.82, 2.24) is 19.3 Å². The number of fused-ring (bicyclic) bond motifs is 1. The zero-order valence-electron chi connectivity index (χ0n) is 11.8. The van der Waals surface area contributed by atoms with Crippen molar-refractivity contribution in [2.24, 2.45) is 17.9 Å². The summed E-state index contributed by atoms with van der Waals surface area (Å²) in [4.78, 5) is 3.31. The molecule has 98 valence electrons. The van der Waals surface area contributed by atoms with Gasteiger partial charge in [0, 0.05) is 13.1 Å². The van der Waals surface area contributed by atoms with E-state index < -0.39 is 0 Å². The Kier molecular flexibility index (Phi) is 2.04. The van der Waals surface area contributed by atoms with Gasteiger partial charge in [-0.15, -0.1) is 0 Å². The molecule has 0 bridgehead atoms. The summed E-state index contributed by atoms with van der Waals surface area (Å²) in [6.45, 7) is 11.2. The zero-order valence-corrected chi connectivity index (χ0v) is 12.6. The second-order valence-electron chi connectivity index (χ2n) is 6.55. The Balaban J connectivity index is 2.32. The highest BCUT2D eigenvalue weighted by Crippen LogP contribution is 2.71. The number of nitrogens with one attached hydrogen (secondary N) is 1. The van der Waals surface area contributed by atoms with Crippen molar-refractivity contribution in [2.75, 3.05) is 0 Å². The van der Waals surface area contributed by atoms with Gasteiger partial charge in [0.05, 0.1) is 5.69 Å². The summed E-state index contributed by atoms with van der Waals surface area (Å²) in [6, 6.07) is 0.432. The van der Waals surface area contributed by atoms with Gasteiger partial charge in [-0.05, 0) is 30.0 Å². The van der Waals surface area contributed by atoms with Crippen LogP contribution >= 0.6 is 12.2 Å². The topological polar surface area (TPSA) is 38.5 Å². The van der Waals surface area contributed by atoms with E-state index in [1.54, 1.807) is 0 Å². The van der Waals surface area contributed by atoms with Gasteiger partial charge in [-0.3, -0.25) is 9.25 Å². The number of imidazole rings is 1. The van der Waals surface area contributed by atoms with Gasteiger partial charge in [-0.25, -0.2) is 0 Å². The van der Waals surface area contributed by atoms with Gasteiger partial charge in [0.15, 0.2) is 10.4 Å². The van der Waals surface area contributed by atoms with Crippen LogP contribution in [0, 0.1) is 22.5 Å². The third kappa shape index (κ3) is 1.16. The van der Waals surface area contributed by atoms with Crippen LogP contribution in [0.3, 0.4) is 0 Å². The van der Waals surface area contributed by atoms with Crippen molar-refractivity contribution >= 4 is 23.4 Å². The maximum absolute atomic E-state index is 5.51. The first kappa shape index (κ1) is 12.0. The molecule has 4 nitrogen and oxygen atoms in total. The minimum absolute atomic E-state index is 0.262. The molecule has 0 aliphatic heterocycles. The molecule has 2 aromatic heterocycles. The van der Waals surface area contributed by atoms with Crippen LogP contribution in [0.5, 0.6) is 0 Å². The van der Waals surface area contributed by atoms with E-state index in [2.05, 4.69) is 42.3 Å². The lowest BCUT2D eigenvalue weighted by atomic mass is 10.0. The summed E-state index contributed by atoms with van der Waals surface area (Å²) < 4.78 is 5.00. The van der Waals surface area contributed by atoms with E-state index in [1.165, 1.54) is 0 Å². The van der Waals surface area contributed by atoms with Crippen LogP contribution < -0.4 is 0 Å². The lowest BCUT2D eigenvalue weighted by Crippen LogP contribution is -2.05. The van der Waals surface area contributed by atoms with E-state index in [1.807, 2.05) is 18.7 Å². The minimum Gasteiger partial charge on any atom is -0.328 e. The number of H-pyrrole nitrogens is 1. The lowest BCUT2D eigenvalue weighted by Gasteiger charge is -2.06. The standard InChI is InChI=1S/C13H20N4S/c1-7-8-9(16(6)15-7)17(11(18)14-8)10-12(2,3)13(10,4)5/h10H,1-6H3,(H,14,18). The Morgan fingerprint density at radius 3 is 2.28 bits per heavy atom. The molecule has 1 fully saturated rings. The van der Waals surface area contributed by atoms with E-state index in [0.717, 1.165) is 21.6 Å². The van der Waals surface area contributed by atoms with Crippen molar-refractivity contribution in [3.8, 4) is 0 Å². The van der Waals surface area contributed by atoms with Crippen LogP contribution in [-0.4, -0.2) is 19.3 Å². The first-order valence-electron chi connectivity index (χ1n) is 6.33. The van der Waals surface area contributed by atoms with E-state index in [4.69, 9.17) is 12.2 Å². The molecule has 1 N–H and O–H groups in total. The second-order valence-corrected chi connectivity index (χ2v) is 6.94. The van der Waals surface area contributed by atoms with Crippen molar-refractivity contribution in [1.29, 1.82) is 0 Å². The molecule has 2 heterocycles. The fourth-order valence-corrected chi connectivity index (χ4v) is 3.67. The summed E-state index contributed by atoms with van der Waals surface area (Å²) in [5, 5.41) is 4.48. The molecule has 0 aromatic carbocycles. The van der Waals surface area contributed by atoms with Gasteiger partial charge < -0.3 is 4.98 Å². The molecule has 0 atom stereocenters. The quantitative estimate of drug-likeness (QED) is 0.802. The average Bonchev–Trinajstić information content (AvgIpc) is 2.53. The van der Waals surface area contributed by atoms with Gasteiger partial charge in [0.1, 0.15) is 5.52 Å². The van der Waals surface area contributed by atoms with Crippen LogP contribution in [0.2, 0.25) is 0 Å². The number of aryl methyl sites for hydroxylation is 2. The lowest BCUT2D eigenvalue weighted by molar-refractivity contribution is 0.457. The molecule has 1 saturated carbocycles. The molecule has 18 heavy (non-hydrogen) atoms. The van der Waals surface area contributed by atoms with Gasteiger partial charge in [0.2, 0.25) is 0 Å². The van der Waals surface area contributed by atoms with Crippen molar-refractivity contribution in [3.63, 3.8) is 0 Å². The van der Waals surface area contributed by atoms with Gasteiger partial charge in [-0.2, -0.15) is 5.10 Å². The molecule has 3 rings (SSSR count). The predicted octanol–water partition coefficient (Wildman–Crippen LogP) is 3.35. The molecular weight excluding hydrogens is 244 g/mol. The fraction of sp³-hybridized carbons (Fsp3) is 0.692. The maximum atomic E-state index is 5.51. The molecule has 1 aliphatic rings. The summed E-state index contributed by atoms with van der Waals surface area (Å²) >= 11 is 5.51. The molecular formula is C13H20N4S. The molecule has 0 radical (unpaired) electrons. The van der Waals surface area contributed by atoms with Crippen LogP contribution in [0.25, 0.3) is 11.2 Å². The number of aromatic nitrogens is 4. The number of hydrogen-bond acceptors (Lipinski definition) is 2. The Morgan fingerprint density at radius 1 is 1.22 bits per heavy atom. The van der Waals surface area contributed by atoms with E-state index in [-0.39, 0.29) is 10.8 Å². The van der Waals surface area contributed by atoms with Crippen molar-refractivity contribution in [3.05, 3.63) is 10.5 Å². The van der Waals surface area contributed by atoms with Crippen molar-refractivity contribution in [2.45, 2.75) is 40.7 Å². The summed E-state index contributed by atoms with van der Waals surface area (Å²) in [5.41, 5.74) is 3.72. The Hall–Kier alpha value is -1.10. The van der Waals surface area contributed by atoms with E-state index >= 15 is 0 Å². The largest absolute Gasteiger partial charge is 0.328 e. The Bertz CT molecular complexity index is 684. The third-order valence-electron chi connectivity index (χ3n) is 5.07. The highest BCUT2D eigenvalue weighted by molar-refractivity contribution is 7.71. The van der Waals surface area contributed by atoms with Gasteiger partial charge in [-0.1, -0.05) is 27.7 Å². The molecule has 2 aromatic rings. The van der Waals surface area contributed by atoms with Crippen LogP contribution in [-0.2, 0) is 7.05 Å². The molecule has 0 amide bonds. The number of nitrogens with zero attached hydrogens (tertiary/aromatic N) is 3. The summed E-state index contributed by atoms with van der Waals surface area (Å²) in [7, 11) is 1.98. The first-order valence-corrected chi connectivity index (χ1v) is 6.74. The molecule has 0 saturated heterocycles. The first-order chi connectivity index (χ1) is 8.19. The predicted molar refractivity (Wildman–Crippen MR) is 75.2 cm³/mol. The SMILES string of the molecule is Cc1nn(C)c2c1[nH]c(=S)n2C1C(C)(C)C1(C)C. The Morgan fingerprint density at radius 2 is 1.78 bits per heavy atom. The molecule has 0 spiro atoms. The van der Waals surface area contributed by atoms with Gasteiger partial charge in [0.25, 0.3) is 0 Å². The normalized spacial score (nSPS) is 21.7. The maximum Gasteiger partial charge on any atom is 0.179 e. The zero-order chi connectivity index (χ0) is 13.5.